The highest BCUT2D eigenvalue weighted by molar-refractivity contribution is 7.89. The summed E-state index contributed by atoms with van der Waals surface area (Å²) >= 11 is 5.86. The molecule has 0 bridgehead atoms. The fourth-order valence-electron chi connectivity index (χ4n) is 1.76. The number of aromatic nitrogens is 2. The van der Waals surface area contributed by atoms with E-state index < -0.39 is 10.0 Å². The van der Waals surface area contributed by atoms with Crippen LogP contribution in [0.3, 0.4) is 0 Å². The summed E-state index contributed by atoms with van der Waals surface area (Å²) in [7, 11) is -1.91. The monoisotopic (exact) mass is 314 g/mol. The van der Waals surface area contributed by atoms with E-state index in [1.165, 1.54) is 12.1 Å². The maximum atomic E-state index is 12.3. The van der Waals surface area contributed by atoms with Crippen molar-refractivity contribution < 1.29 is 8.42 Å². The first-order valence-electron chi connectivity index (χ1n) is 5.83. The Kier molecular flexibility index (Phi) is 4.03. The first-order valence-corrected chi connectivity index (χ1v) is 7.69. The summed E-state index contributed by atoms with van der Waals surface area (Å²) in [5.41, 5.74) is 6.56. The topological polar surface area (TPSA) is 90.0 Å². The lowest BCUT2D eigenvalue weighted by molar-refractivity contribution is 0.577. The minimum Gasteiger partial charge on any atom is -0.398 e. The number of hydrogen-bond donors (Lipinski definition) is 2. The first-order chi connectivity index (χ1) is 9.31. The van der Waals surface area contributed by atoms with Gasteiger partial charge in [0.2, 0.25) is 10.0 Å². The number of nitrogens with zero attached hydrogens (tertiary/aromatic N) is 2. The molecule has 3 N–H and O–H groups in total. The second-order valence-electron chi connectivity index (χ2n) is 4.40. The molecular weight excluding hydrogens is 300 g/mol. The third-order valence-corrected chi connectivity index (χ3v) is 4.74. The summed E-state index contributed by atoms with van der Waals surface area (Å²) < 4.78 is 28.8. The van der Waals surface area contributed by atoms with E-state index in [1.807, 2.05) is 0 Å². The fourth-order valence-corrected chi connectivity index (χ4v) is 3.33. The molecule has 2 rings (SSSR count). The zero-order valence-electron chi connectivity index (χ0n) is 11.1. The summed E-state index contributed by atoms with van der Waals surface area (Å²) in [5.74, 6) is 0.612. The number of nitrogen functional groups attached to an aromatic ring is 1. The molecule has 0 spiro atoms. The number of nitrogens with two attached hydrogens (primary N) is 1. The summed E-state index contributed by atoms with van der Waals surface area (Å²) in [6.45, 7) is 1.73. The highest BCUT2D eigenvalue weighted by Crippen LogP contribution is 2.25. The Bertz CT molecular complexity index is 740. The average Bonchev–Trinajstić information content (AvgIpc) is 2.77. The van der Waals surface area contributed by atoms with Crippen molar-refractivity contribution in [2.75, 3.05) is 5.73 Å². The standard InChI is InChI=1S/C12H15ClN4O2S/c1-8-10(14)5-9(13)6-11(8)20(18,19)16-7-12-15-3-4-17(12)2/h3-6,16H,7,14H2,1-2H3. The first kappa shape index (κ1) is 14.8. The Morgan fingerprint density at radius 2 is 2.15 bits per heavy atom. The Balaban J connectivity index is 2.29. The van der Waals surface area contributed by atoms with E-state index in [0.29, 0.717) is 17.1 Å². The van der Waals surface area contributed by atoms with Gasteiger partial charge in [-0.15, -0.1) is 0 Å². The van der Waals surface area contributed by atoms with Crippen molar-refractivity contribution in [3.05, 3.63) is 40.9 Å². The highest BCUT2D eigenvalue weighted by atomic mass is 35.5. The Labute approximate surface area is 122 Å². The van der Waals surface area contributed by atoms with Crippen LogP contribution >= 0.6 is 11.6 Å². The van der Waals surface area contributed by atoms with E-state index in [1.54, 1.807) is 30.9 Å². The van der Waals surface area contributed by atoms with Crippen molar-refractivity contribution in [2.45, 2.75) is 18.4 Å². The minimum absolute atomic E-state index is 0.0803. The van der Waals surface area contributed by atoms with Crippen LogP contribution < -0.4 is 10.5 Å². The van der Waals surface area contributed by atoms with Crippen LogP contribution in [0.2, 0.25) is 5.02 Å². The van der Waals surface area contributed by atoms with Gasteiger partial charge in [-0.3, -0.25) is 0 Å². The summed E-state index contributed by atoms with van der Waals surface area (Å²) in [4.78, 5) is 4.14. The lowest BCUT2D eigenvalue weighted by Crippen LogP contribution is -2.25. The third-order valence-electron chi connectivity index (χ3n) is 3.00. The molecule has 1 aromatic heterocycles. The Morgan fingerprint density at radius 3 is 2.75 bits per heavy atom. The van der Waals surface area contributed by atoms with Crippen LogP contribution in [0, 0.1) is 6.92 Å². The van der Waals surface area contributed by atoms with Gasteiger partial charge in [0.15, 0.2) is 0 Å². The van der Waals surface area contributed by atoms with Crippen LogP contribution in [-0.4, -0.2) is 18.0 Å². The number of imidazole rings is 1. The highest BCUT2D eigenvalue weighted by Gasteiger charge is 2.19. The van der Waals surface area contributed by atoms with Gasteiger partial charge in [-0.25, -0.2) is 18.1 Å². The number of anilines is 1. The SMILES string of the molecule is Cc1c(N)cc(Cl)cc1S(=O)(=O)NCc1nccn1C. The molecule has 20 heavy (non-hydrogen) atoms. The van der Waals surface area contributed by atoms with Gasteiger partial charge in [-0.2, -0.15) is 0 Å². The second kappa shape index (κ2) is 5.43. The number of aryl methyl sites for hydroxylation is 1. The summed E-state index contributed by atoms with van der Waals surface area (Å²) in [5, 5.41) is 0.283. The molecular formula is C12H15ClN4O2S. The van der Waals surface area contributed by atoms with E-state index in [4.69, 9.17) is 17.3 Å². The number of sulfonamides is 1. The third kappa shape index (κ3) is 2.95. The summed E-state index contributed by atoms with van der Waals surface area (Å²) in [6.07, 6.45) is 3.35. The van der Waals surface area contributed by atoms with Crippen molar-refractivity contribution in [1.29, 1.82) is 0 Å². The predicted molar refractivity (Wildman–Crippen MR) is 77.8 cm³/mol. The van der Waals surface area contributed by atoms with Crippen molar-refractivity contribution in [2.24, 2.45) is 7.05 Å². The van der Waals surface area contributed by atoms with Crippen LogP contribution in [0.5, 0.6) is 0 Å². The average molecular weight is 315 g/mol. The van der Waals surface area contributed by atoms with Gasteiger partial charge in [0.05, 0.1) is 11.4 Å². The molecule has 0 aliphatic rings. The summed E-state index contributed by atoms with van der Waals surface area (Å²) in [6, 6.07) is 2.91. The maximum Gasteiger partial charge on any atom is 0.241 e. The molecule has 0 saturated heterocycles. The van der Waals surface area contributed by atoms with Crippen LogP contribution in [0.25, 0.3) is 0 Å². The molecule has 6 nitrogen and oxygen atoms in total. The van der Waals surface area contributed by atoms with E-state index in [9.17, 15) is 8.42 Å². The number of hydrogen-bond acceptors (Lipinski definition) is 4. The molecule has 1 heterocycles. The van der Waals surface area contributed by atoms with Gasteiger partial charge in [-0.1, -0.05) is 11.6 Å². The second-order valence-corrected chi connectivity index (χ2v) is 6.57. The molecule has 2 aromatic rings. The van der Waals surface area contributed by atoms with Crippen molar-refractivity contribution in [1.82, 2.24) is 14.3 Å². The molecule has 0 saturated carbocycles. The van der Waals surface area contributed by atoms with Gasteiger partial charge in [0.1, 0.15) is 5.82 Å². The lowest BCUT2D eigenvalue weighted by atomic mass is 10.2. The van der Waals surface area contributed by atoms with E-state index in [0.717, 1.165) is 0 Å². The fraction of sp³-hybridized carbons (Fsp3) is 0.250. The quantitative estimate of drug-likeness (QED) is 0.836. The molecule has 8 heteroatoms. The number of rotatable bonds is 4. The van der Waals surface area contributed by atoms with Crippen molar-refractivity contribution in [3.63, 3.8) is 0 Å². The molecule has 108 valence electrons. The molecule has 0 atom stereocenters. The smallest absolute Gasteiger partial charge is 0.241 e. The molecule has 0 aliphatic heterocycles. The Hall–Kier alpha value is -1.57. The molecule has 0 unspecified atom stereocenters. The zero-order valence-corrected chi connectivity index (χ0v) is 12.7. The number of nitrogens with one attached hydrogen (secondary N) is 1. The van der Waals surface area contributed by atoms with E-state index in [-0.39, 0.29) is 16.5 Å². The van der Waals surface area contributed by atoms with Crippen LogP contribution in [0.4, 0.5) is 5.69 Å². The number of halogens is 1. The molecule has 0 aliphatic carbocycles. The largest absolute Gasteiger partial charge is 0.398 e. The van der Waals surface area contributed by atoms with Gasteiger partial charge in [0, 0.05) is 30.2 Å². The van der Waals surface area contributed by atoms with Crippen molar-refractivity contribution >= 4 is 27.3 Å². The van der Waals surface area contributed by atoms with Gasteiger partial charge >= 0.3 is 0 Å². The van der Waals surface area contributed by atoms with E-state index >= 15 is 0 Å². The molecule has 0 radical (unpaired) electrons. The zero-order chi connectivity index (χ0) is 14.9. The predicted octanol–water partition coefficient (Wildman–Crippen LogP) is 1.44. The normalized spacial score (nSPS) is 11.8. The van der Waals surface area contributed by atoms with Crippen LogP contribution in [0.1, 0.15) is 11.4 Å². The Morgan fingerprint density at radius 1 is 1.45 bits per heavy atom. The van der Waals surface area contributed by atoms with Crippen LogP contribution in [0.15, 0.2) is 29.4 Å². The molecule has 0 amide bonds. The lowest BCUT2D eigenvalue weighted by Gasteiger charge is -2.11. The van der Waals surface area contributed by atoms with Crippen LogP contribution in [-0.2, 0) is 23.6 Å². The maximum absolute atomic E-state index is 12.3. The minimum atomic E-state index is -3.70. The number of benzene rings is 1. The van der Waals surface area contributed by atoms with Gasteiger partial charge < -0.3 is 10.3 Å². The molecule has 0 fully saturated rings. The van der Waals surface area contributed by atoms with E-state index in [2.05, 4.69) is 9.71 Å². The van der Waals surface area contributed by atoms with Gasteiger partial charge in [0.25, 0.3) is 0 Å². The molecule has 1 aromatic carbocycles. The van der Waals surface area contributed by atoms with Gasteiger partial charge in [-0.05, 0) is 24.6 Å². The van der Waals surface area contributed by atoms with Crippen molar-refractivity contribution in [3.8, 4) is 0 Å².